The van der Waals surface area contributed by atoms with Gasteiger partial charge in [0.2, 0.25) is 0 Å². The molecule has 0 radical (unpaired) electrons. The Morgan fingerprint density at radius 3 is 2.35 bits per heavy atom. The van der Waals surface area contributed by atoms with E-state index in [1.807, 2.05) is 19.1 Å². The van der Waals surface area contributed by atoms with E-state index in [-0.39, 0.29) is 11.6 Å². The Labute approximate surface area is 118 Å². The third-order valence-corrected chi connectivity index (χ3v) is 3.38. The summed E-state index contributed by atoms with van der Waals surface area (Å²) in [5.74, 6) is -0.999. The van der Waals surface area contributed by atoms with Gasteiger partial charge in [-0.2, -0.15) is 0 Å². The van der Waals surface area contributed by atoms with Crippen LogP contribution in [0.3, 0.4) is 0 Å². The lowest BCUT2D eigenvalue weighted by atomic mass is 10.1. The smallest absolute Gasteiger partial charge is 0.130 e. The molecule has 0 aromatic heterocycles. The van der Waals surface area contributed by atoms with Crippen LogP contribution >= 0.6 is 0 Å². The van der Waals surface area contributed by atoms with Gasteiger partial charge in [-0.3, -0.25) is 0 Å². The van der Waals surface area contributed by atoms with E-state index in [0.717, 1.165) is 6.42 Å². The van der Waals surface area contributed by atoms with E-state index in [1.54, 1.807) is 6.92 Å². The quantitative estimate of drug-likeness (QED) is 0.863. The minimum Gasteiger partial charge on any atom is -0.310 e. The van der Waals surface area contributed by atoms with E-state index >= 15 is 0 Å². The molecular formula is C17H19F2N. The van der Waals surface area contributed by atoms with Crippen LogP contribution in [0.5, 0.6) is 0 Å². The molecule has 0 amide bonds. The van der Waals surface area contributed by atoms with Crippen LogP contribution in [0.1, 0.15) is 29.7 Å². The van der Waals surface area contributed by atoms with Gasteiger partial charge in [0.15, 0.2) is 0 Å². The zero-order valence-corrected chi connectivity index (χ0v) is 11.8. The zero-order chi connectivity index (χ0) is 14.5. The summed E-state index contributed by atoms with van der Waals surface area (Å²) in [6, 6.07) is 11.9. The van der Waals surface area contributed by atoms with Crippen molar-refractivity contribution in [1.29, 1.82) is 0 Å². The summed E-state index contributed by atoms with van der Waals surface area (Å²) in [6.45, 7) is 4.50. The maximum Gasteiger partial charge on any atom is 0.130 e. The van der Waals surface area contributed by atoms with E-state index in [0.29, 0.717) is 6.54 Å². The van der Waals surface area contributed by atoms with Gasteiger partial charge in [0.1, 0.15) is 11.6 Å². The van der Waals surface area contributed by atoms with Crippen LogP contribution in [0.25, 0.3) is 0 Å². The average molecular weight is 275 g/mol. The van der Waals surface area contributed by atoms with Crippen molar-refractivity contribution in [2.75, 3.05) is 6.54 Å². The highest BCUT2D eigenvalue weighted by molar-refractivity contribution is 5.24. The minimum absolute atomic E-state index is 0.108. The van der Waals surface area contributed by atoms with Crippen LogP contribution in [0.2, 0.25) is 0 Å². The van der Waals surface area contributed by atoms with Gasteiger partial charge in [0, 0.05) is 11.6 Å². The van der Waals surface area contributed by atoms with Crippen molar-refractivity contribution in [3.8, 4) is 0 Å². The SMILES string of the molecule is Cc1cccc(CCNC(C)c2c(F)cccc2F)c1. The summed E-state index contributed by atoms with van der Waals surface area (Å²) in [6.07, 6.45) is 0.835. The summed E-state index contributed by atoms with van der Waals surface area (Å²) in [5.41, 5.74) is 2.55. The van der Waals surface area contributed by atoms with Gasteiger partial charge in [0.25, 0.3) is 0 Å². The Morgan fingerprint density at radius 1 is 1.05 bits per heavy atom. The Bertz CT molecular complexity index is 561. The molecule has 0 fully saturated rings. The second-order valence-electron chi connectivity index (χ2n) is 5.05. The topological polar surface area (TPSA) is 12.0 Å². The molecule has 0 aliphatic heterocycles. The molecule has 106 valence electrons. The molecule has 0 aliphatic carbocycles. The Kier molecular flexibility index (Phi) is 4.85. The molecule has 0 spiro atoms. The molecule has 2 aromatic rings. The molecule has 3 heteroatoms. The molecule has 2 rings (SSSR count). The summed E-state index contributed by atoms with van der Waals surface area (Å²) >= 11 is 0. The molecule has 0 aliphatic rings. The van der Waals surface area contributed by atoms with Gasteiger partial charge in [0.05, 0.1) is 0 Å². The van der Waals surface area contributed by atoms with Gasteiger partial charge in [-0.1, -0.05) is 35.9 Å². The van der Waals surface area contributed by atoms with E-state index in [1.165, 1.54) is 29.3 Å². The second-order valence-corrected chi connectivity index (χ2v) is 5.05. The van der Waals surface area contributed by atoms with Crippen molar-refractivity contribution >= 4 is 0 Å². The minimum atomic E-state index is -0.499. The van der Waals surface area contributed by atoms with Crippen molar-refractivity contribution in [3.63, 3.8) is 0 Å². The van der Waals surface area contributed by atoms with Crippen LogP contribution in [0.4, 0.5) is 8.78 Å². The van der Waals surface area contributed by atoms with Crippen molar-refractivity contribution in [3.05, 3.63) is 70.8 Å². The molecule has 20 heavy (non-hydrogen) atoms. The third kappa shape index (κ3) is 3.64. The van der Waals surface area contributed by atoms with Gasteiger partial charge >= 0.3 is 0 Å². The maximum atomic E-state index is 13.6. The monoisotopic (exact) mass is 275 g/mol. The molecule has 0 bridgehead atoms. The molecular weight excluding hydrogens is 256 g/mol. The van der Waals surface area contributed by atoms with Gasteiger partial charge in [-0.25, -0.2) is 8.78 Å². The lowest BCUT2D eigenvalue weighted by Crippen LogP contribution is -2.23. The van der Waals surface area contributed by atoms with Crippen molar-refractivity contribution in [2.45, 2.75) is 26.3 Å². The predicted octanol–water partition coefficient (Wildman–Crippen LogP) is 4.17. The summed E-state index contributed by atoms with van der Waals surface area (Å²) in [5, 5.41) is 3.17. The fourth-order valence-electron chi connectivity index (χ4n) is 2.33. The van der Waals surface area contributed by atoms with Crippen molar-refractivity contribution in [2.24, 2.45) is 0 Å². The molecule has 0 saturated carbocycles. The zero-order valence-electron chi connectivity index (χ0n) is 11.8. The fraction of sp³-hybridized carbons (Fsp3) is 0.294. The number of rotatable bonds is 5. The number of halogens is 2. The van der Waals surface area contributed by atoms with E-state index < -0.39 is 11.6 Å². The first-order valence-electron chi connectivity index (χ1n) is 6.81. The molecule has 0 heterocycles. The predicted molar refractivity (Wildman–Crippen MR) is 77.7 cm³/mol. The Hall–Kier alpha value is -1.74. The molecule has 1 nitrogen and oxygen atoms in total. The maximum absolute atomic E-state index is 13.6. The van der Waals surface area contributed by atoms with E-state index in [4.69, 9.17) is 0 Å². The summed E-state index contributed by atoms with van der Waals surface area (Å²) in [4.78, 5) is 0. The lowest BCUT2D eigenvalue weighted by Gasteiger charge is -2.16. The van der Waals surface area contributed by atoms with Crippen LogP contribution in [-0.2, 0) is 6.42 Å². The van der Waals surface area contributed by atoms with Crippen LogP contribution in [-0.4, -0.2) is 6.54 Å². The van der Waals surface area contributed by atoms with Crippen LogP contribution < -0.4 is 5.32 Å². The summed E-state index contributed by atoms with van der Waals surface area (Å²) in [7, 11) is 0. The van der Waals surface area contributed by atoms with Gasteiger partial charge < -0.3 is 5.32 Å². The molecule has 1 unspecified atom stereocenters. The van der Waals surface area contributed by atoms with Crippen molar-refractivity contribution < 1.29 is 8.78 Å². The fourth-order valence-corrected chi connectivity index (χ4v) is 2.33. The van der Waals surface area contributed by atoms with Crippen LogP contribution in [0, 0.1) is 18.6 Å². The summed E-state index contributed by atoms with van der Waals surface area (Å²) < 4.78 is 27.2. The van der Waals surface area contributed by atoms with Gasteiger partial charge in [-0.15, -0.1) is 0 Å². The molecule has 1 N–H and O–H groups in total. The first-order chi connectivity index (χ1) is 9.58. The number of benzene rings is 2. The highest BCUT2D eigenvalue weighted by atomic mass is 19.1. The Morgan fingerprint density at radius 2 is 1.70 bits per heavy atom. The second kappa shape index (κ2) is 6.62. The number of nitrogens with one attached hydrogen (secondary N) is 1. The van der Waals surface area contributed by atoms with E-state index in [9.17, 15) is 8.78 Å². The van der Waals surface area contributed by atoms with Crippen LogP contribution in [0.15, 0.2) is 42.5 Å². The normalized spacial score (nSPS) is 12.4. The molecule has 0 saturated heterocycles. The average Bonchev–Trinajstić information content (AvgIpc) is 2.38. The number of hydrogen-bond donors (Lipinski definition) is 1. The standard InChI is InChI=1S/C17H19F2N/c1-12-5-3-6-14(11-12)9-10-20-13(2)17-15(18)7-4-8-16(17)19/h3-8,11,13,20H,9-10H2,1-2H3. The van der Waals surface area contributed by atoms with Gasteiger partial charge in [-0.05, 0) is 44.5 Å². The highest BCUT2D eigenvalue weighted by Crippen LogP contribution is 2.20. The largest absolute Gasteiger partial charge is 0.310 e. The third-order valence-electron chi connectivity index (χ3n) is 3.38. The van der Waals surface area contributed by atoms with E-state index in [2.05, 4.69) is 17.4 Å². The molecule has 1 atom stereocenters. The number of aryl methyl sites for hydroxylation is 1. The highest BCUT2D eigenvalue weighted by Gasteiger charge is 2.14. The first-order valence-corrected chi connectivity index (χ1v) is 6.81. The van der Waals surface area contributed by atoms with Crippen molar-refractivity contribution in [1.82, 2.24) is 5.32 Å². The first kappa shape index (κ1) is 14.7. The lowest BCUT2D eigenvalue weighted by molar-refractivity contribution is 0.490. The Balaban J connectivity index is 1.94. The number of hydrogen-bond acceptors (Lipinski definition) is 1. The molecule has 2 aromatic carbocycles.